The molecule has 0 heterocycles. The van der Waals surface area contributed by atoms with E-state index in [-0.39, 0.29) is 11.4 Å². The van der Waals surface area contributed by atoms with Crippen LogP contribution in [-0.2, 0) is 10.0 Å². The van der Waals surface area contributed by atoms with E-state index in [9.17, 15) is 21.6 Å². The summed E-state index contributed by atoms with van der Waals surface area (Å²) in [6.07, 6.45) is 0.363. The first kappa shape index (κ1) is 12.8. The second-order valence-corrected chi connectivity index (χ2v) is 5.02. The molecule has 1 rings (SSSR count). The highest BCUT2D eigenvalue weighted by atomic mass is 32.2. The molecule has 3 nitrogen and oxygen atoms in total. The van der Waals surface area contributed by atoms with E-state index in [0.29, 0.717) is 18.6 Å². The first-order valence-electron chi connectivity index (χ1n) is 4.50. The number of sulfonamides is 1. The molecule has 0 bridgehead atoms. The third-order valence-corrected chi connectivity index (χ3v) is 3.22. The molecule has 0 fully saturated rings. The number of hydrogen-bond acceptors (Lipinski definition) is 2. The van der Waals surface area contributed by atoms with Gasteiger partial charge in [0.1, 0.15) is 0 Å². The van der Waals surface area contributed by atoms with E-state index < -0.39 is 27.5 Å². The maximum Gasteiger partial charge on any atom is 0.232 e. The summed E-state index contributed by atoms with van der Waals surface area (Å²) in [7, 11) is -3.64. The van der Waals surface area contributed by atoms with E-state index in [2.05, 4.69) is 0 Å². The molecule has 1 aromatic rings. The van der Waals surface area contributed by atoms with Crippen molar-refractivity contribution >= 4 is 15.7 Å². The topological polar surface area (TPSA) is 46.2 Å². The van der Waals surface area contributed by atoms with Crippen LogP contribution in [0.1, 0.15) is 13.3 Å². The molecule has 0 saturated heterocycles. The first-order chi connectivity index (χ1) is 7.35. The van der Waals surface area contributed by atoms with E-state index in [0.717, 1.165) is 0 Å². The molecule has 0 aliphatic carbocycles. The van der Waals surface area contributed by atoms with Gasteiger partial charge in [0, 0.05) is 12.1 Å². The summed E-state index contributed by atoms with van der Waals surface area (Å²) in [6, 6.07) is 1.18. The molecule has 0 spiro atoms. The minimum Gasteiger partial charge on any atom is -0.283 e. The van der Waals surface area contributed by atoms with Gasteiger partial charge in [-0.15, -0.1) is 0 Å². The Morgan fingerprint density at radius 1 is 1.19 bits per heavy atom. The fourth-order valence-corrected chi connectivity index (χ4v) is 2.23. The molecule has 7 heteroatoms. The summed E-state index contributed by atoms with van der Waals surface area (Å²) in [5.74, 6) is -4.67. The van der Waals surface area contributed by atoms with Crippen LogP contribution in [0.15, 0.2) is 12.1 Å². The molecule has 1 N–H and O–H groups in total. The Balaban J connectivity index is 2.99. The van der Waals surface area contributed by atoms with E-state index in [4.69, 9.17) is 0 Å². The van der Waals surface area contributed by atoms with Gasteiger partial charge in [0.25, 0.3) is 0 Å². The molecule has 0 atom stereocenters. The van der Waals surface area contributed by atoms with Crippen LogP contribution in [0.2, 0.25) is 0 Å². The monoisotopic (exact) mass is 253 g/mol. The van der Waals surface area contributed by atoms with E-state index >= 15 is 0 Å². The van der Waals surface area contributed by atoms with Crippen LogP contribution in [-0.4, -0.2) is 14.2 Å². The van der Waals surface area contributed by atoms with Crippen LogP contribution in [0.25, 0.3) is 0 Å². The fraction of sp³-hybridized carbons (Fsp3) is 0.333. The quantitative estimate of drug-likeness (QED) is 0.836. The average Bonchev–Trinajstić information content (AvgIpc) is 2.13. The second kappa shape index (κ2) is 4.73. The lowest BCUT2D eigenvalue weighted by Crippen LogP contribution is -2.16. The third kappa shape index (κ3) is 3.13. The van der Waals surface area contributed by atoms with Crippen molar-refractivity contribution in [2.75, 3.05) is 10.5 Å². The van der Waals surface area contributed by atoms with Gasteiger partial charge >= 0.3 is 0 Å². The molecule has 16 heavy (non-hydrogen) atoms. The van der Waals surface area contributed by atoms with Gasteiger partial charge in [-0.05, 0) is 6.42 Å². The van der Waals surface area contributed by atoms with Crippen LogP contribution >= 0.6 is 0 Å². The standard InChI is InChI=1S/C9H10F3NO2S/c1-2-3-16(14,15)13-6-4-7(10)9(12)8(11)5-6/h4-5,13H,2-3H2,1H3. The SMILES string of the molecule is CCCS(=O)(=O)Nc1cc(F)c(F)c(F)c1. The Hall–Kier alpha value is -1.24. The minimum absolute atomic E-state index is 0.173. The summed E-state index contributed by atoms with van der Waals surface area (Å²) < 4.78 is 62.5. The Bertz CT molecular complexity index is 465. The highest BCUT2D eigenvalue weighted by Gasteiger charge is 2.14. The number of halogens is 3. The summed E-state index contributed by atoms with van der Waals surface area (Å²) >= 11 is 0. The van der Waals surface area contributed by atoms with Gasteiger partial charge in [-0.3, -0.25) is 4.72 Å². The molecule has 1 aromatic carbocycles. The Labute approximate surface area is 91.3 Å². The molecule has 0 saturated carbocycles. The van der Waals surface area contributed by atoms with Gasteiger partial charge < -0.3 is 0 Å². The zero-order valence-electron chi connectivity index (χ0n) is 8.43. The van der Waals surface area contributed by atoms with Crippen LogP contribution in [0.5, 0.6) is 0 Å². The highest BCUT2D eigenvalue weighted by Crippen LogP contribution is 2.18. The summed E-state index contributed by atoms with van der Waals surface area (Å²) in [5, 5.41) is 0. The largest absolute Gasteiger partial charge is 0.283 e. The maximum absolute atomic E-state index is 12.8. The van der Waals surface area contributed by atoms with Crippen molar-refractivity contribution in [2.45, 2.75) is 13.3 Å². The summed E-state index contributed by atoms with van der Waals surface area (Å²) in [5.41, 5.74) is -0.329. The number of hydrogen-bond donors (Lipinski definition) is 1. The van der Waals surface area contributed by atoms with Gasteiger partial charge in [0.15, 0.2) is 17.5 Å². The smallest absolute Gasteiger partial charge is 0.232 e. The van der Waals surface area contributed by atoms with Gasteiger partial charge in [0.2, 0.25) is 10.0 Å². The predicted octanol–water partition coefficient (Wildman–Crippen LogP) is 2.26. The van der Waals surface area contributed by atoms with Crippen molar-refractivity contribution in [1.29, 1.82) is 0 Å². The first-order valence-corrected chi connectivity index (χ1v) is 6.16. The minimum atomic E-state index is -3.64. The van der Waals surface area contributed by atoms with Gasteiger partial charge in [0.05, 0.1) is 11.4 Å². The molecular weight excluding hydrogens is 243 g/mol. The van der Waals surface area contributed by atoms with Crippen LogP contribution in [0.3, 0.4) is 0 Å². The van der Waals surface area contributed by atoms with Crippen molar-refractivity contribution in [1.82, 2.24) is 0 Å². The van der Waals surface area contributed by atoms with Crippen molar-refractivity contribution in [3.63, 3.8) is 0 Å². The van der Waals surface area contributed by atoms with E-state index in [1.54, 1.807) is 6.92 Å². The molecule has 0 aromatic heterocycles. The molecule has 0 radical (unpaired) electrons. The maximum atomic E-state index is 12.8. The van der Waals surface area contributed by atoms with Gasteiger partial charge in [-0.2, -0.15) is 0 Å². The van der Waals surface area contributed by atoms with Crippen LogP contribution in [0.4, 0.5) is 18.9 Å². The summed E-state index contributed by atoms with van der Waals surface area (Å²) in [4.78, 5) is 0. The average molecular weight is 253 g/mol. The number of benzene rings is 1. The normalized spacial score (nSPS) is 11.5. The molecule has 0 amide bonds. The Morgan fingerprint density at radius 3 is 2.12 bits per heavy atom. The number of nitrogens with one attached hydrogen (secondary N) is 1. The van der Waals surface area contributed by atoms with Crippen molar-refractivity contribution < 1.29 is 21.6 Å². The lowest BCUT2D eigenvalue weighted by molar-refractivity contribution is 0.448. The second-order valence-electron chi connectivity index (χ2n) is 3.17. The molecule has 0 unspecified atom stereocenters. The number of rotatable bonds is 4. The Morgan fingerprint density at radius 2 is 1.69 bits per heavy atom. The summed E-state index contributed by atoms with van der Waals surface area (Å²) in [6.45, 7) is 1.64. The van der Waals surface area contributed by atoms with E-state index in [1.165, 1.54) is 0 Å². The van der Waals surface area contributed by atoms with Crippen molar-refractivity contribution in [3.05, 3.63) is 29.6 Å². The zero-order valence-corrected chi connectivity index (χ0v) is 9.24. The Kier molecular flexibility index (Phi) is 3.79. The molecule has 0 aliphatic rings. The molecule has 0 aliphatic heterocycles. The molecular formula is C9H10F3NO2S. The van der Waals surface area contributed by atoms with Crippen molar-refractivity contribution in [2.24, 2.45) is 0 Å². The predicted molar refractivity (Wildman–Crippen MR) is 54.0 cm³/mol. The lowest BCUT2D eigenvalue weighted by atomic mass is 10.3. The van der Waals surface area contributed by atoms with Crippen LogP contribution < -0.4 is 4.72 Å². The van der Waals surface area contributed by atoms with Gasteiger partial charge in [-0.25, -0.2) is 21.6 Å². The highest BCUT2D eigenvalue weighted by molar-refractivity contribution is 7.92. The third-order valence-electron chi connectivity index (χ3n) is 1.73. The van der Waals surface area contributed by atoms with E-state index in [1.807, 2.05) is 4.72 Å². The van der Waals surface area contributed by atoms with Gasteiger partial charge in [-0.1, -0.05) is 6.92 Å². The lowest BCUT2D eigenvalue weighted by Gasteiger charge is -2.07. The zero-order chi connectivity index (χ0) is 12.3. The van der Waals surface area contributed by atoms with Crippen LogP contribution in [0, 0.1) is 17.5 Å². The number of anilines is 1. The fourth-order valence-electron chi connectivity index (χ4n) is 1.11. The van der Waals surface area contributed by atoms with Crippen molar-refractivity contribution in [3.8, 4) is 0 Å². The molecule has 90 valence electrons.